The van der Waals surface area contributed by atoms with Gasteiger partial charge in [-0.3, -0.25) is 14.5 Å². The number of aliphatic hydroxyl groups excluding tert-OH is 1. The lowest BCUT2D eigenvalue weighted by molar-refractivity contribution is -0.126. The van der Waals surface area contributed by atoms with E-state index in [4.69, 9.17) is 5.73 Å². The number of hydrogen-bond acceptors (Lipinski definition) is 6. The van der Waals surface area contributed by atoms with Crippen molar-refractivity contribution in [2.45, 2.75) is 45.0 Å². The Morgan fingerprint density at radius 2 is 1.84 bits per heavy atom. The number of aromatic hydroxyl groups is 1. The van der Waals surface area contributed by atoms with E-state index in [2.05, 4.69) is 5.32 Å². The van der Waals surface area contributed by atoms with Crippen LogP contribution in [-0.4, -0.2) is 56.7 Å². The monoisotopic (exact) mass is 517 g/mol. The molecule has 0 spiro atoms. The van der Waals surface area contributed by atoms with E-state index >= 15 is 0 Å². The van der Waals surface area contributed by atoms with Crippen LogP contribution in [0.15, 0.2) is 60.7 Å². The van der Waals surface area contributed by atoms with Crippen LogP contribution < -0.4 is 11.1 Å². The fraction of sp³-hybridized carbons (Fsp3) is 0.276. The molecular weight excluding hydrogens is 486 g/mol. The Kier molecular flexibility index (Phi) is 7.80. The van der Waals surface area contributed by atoms with Crippen molar-refractivity contribution in [1.82, 2.24) is 10.2 Å². The van der Waals surface area contributed by atoms with Gasteiger partial charge in [-0.25, -0.2) is 4.79 Å². The molecule has 2 amide bonds. The molecule has 38 heavy (non-hydrogen) atoms. The molecular formula is C29H31N3O6. The van der Waals surface area contributed by atoms with E-state index in [0.717, 1.165) is 22.3 Å². The summed E-state index contributed by atoms with van der Waals surface area (Å²) < 4.78 is 0. The number of nitrogens with one attached hydrogen (secondary N) is 1. The van der Waals surface area contributed by atoms with Gasteiger partial charge in [0.1, 0.15) is 5.75 Å². The molecule has 0 saturated carbocycles. The second kappa shape index (κ2) is 11.0. The average molecular weight is 518 g/mol. The predicted molar refractivity (Wildman–Crippen MR) is 142 cm³/mol. The molecule has 6 N–H and O–H groups in total. The molecule has 0 radical (unpaired) electrons. The van der Waals surface area contributed by atoms with Gasteiger partial charge in [-0.05, 0) is 84.5 Å². The number of benzene rings is 3. The molecule has 9 heteroatoms. The number of hydrogen-bond donors (Lipinski definition) is 5. The summed E-state index contributed by atoms with van der Waals surface area (Å²) >= 11 is 0. The third-order valence-corrected chi connectivity index (χ3v) is 6.89. The standard InChI is InChI=1S/C29H31N3O6/c1-16-9-19(27(30)35)7-8-23(16)20-10-18(11-21(33)12-20)14-32-15-22(34)13-26(32)28(36)31-17(2)24-5-3-4-6-25(24)29(37)38/h3-12,17,22,26,33-34H,13-15H2,1-2H3,(H2,30,35)(H,31,36)(H,37,38)/t17-,22+,26+/m0/s1. The van der Waals surface area contributed by atoms with Gasteiger partial charge >= 0.3 is 5.97 Å². The highest BCUT2D eigenvalue weighted by atomic mass is 16.4. The van der Waals surface area contributed by atoms with Crippen molar-refractivity contribution in [2.24, 2.45) is 5.73 Å². The number of β-amino-alcohol motifs (C(OH)–C–C–N with tert-alkyl or cyclic N) is 1. The number of carboxylic acid groups (broad SMARTS) is 1. The lowest BCUT2D eigenvalue weighted by Crippen LogP contribution is -2.43. The highest BCUT2D eigenvalue weighted by molar-refractivity contribution is 5.94. The molecule has 1 fully saturated rings. The molecule has 1 saturated heterocycles. The number of aryl methyl sites for hydroxylation is 1. The summed E-state index contributed by atoms with van der Waals surface area (Å²) in [6, 6.07) is 15.6. The van der Waals surface area contributed by atoms with Gasteiger partial charge in [0.2, 0.25) is 11.8 Å². The molecule has 1 heterocycles. The number of aromatic carboxylic acids is 1. The van der Waals surface area contributed by atoms with Crippen LogP contribution in [0.25, 0.3) is 11.1 Å². The van der Waals surface area contributed by atoms with Crippen molar-refractivity contribution >= 4 is 17.8 Å². The van der Waals surface area contributed by atoms with E-state index < -0.39 is 30.1 Å². The minimum Gasteiger partial charge on any atom is -0.508 e. The van der Waals surface area contributed by atoms with Gasteiger partial charge in [0, 0.05) is 18.7 Å². The minimum atomic E-state index is -1.07. The van der Waals surface area contributed by atoms with Crippen LogP contribution >= 0.6 is 0 Å². The Morgan fingerprint density at radius 1 is 1.11 bits per heavy atom. The van der Waals surface area contributed by atoms with E-state index in [1.165, 1.54) is 6.07 Å². The van der Waals surface area contributed by atoms with Gasteiger partial charge in [0.25, 0.3) is 0 Å². The van der Waals surface area contributed by atoms with Crippen molar-refractivity contribution in [1.29, 1.82) is 0 Å². The van der Waals surface area contributed by atoms with Crippen molar-refractivity contribution in [3.05, 3.63) is 88.5 Å². The zero-order valence-corrected chi connectivity index (χ0v) is 21.2. The van der Waals surface area contributed by atoms with Crippen molar-refractivity contribution in [2.75, 3.05) is 6.54 Å². The molecule has 0 aromatic heterocycles. The quantitative estimate of drug-likeness (QED) is 0.308. The van der Waals surface area contributed by atoms with Gasteiger partial charge in [-0.15, -0.1) is 0 Å². The number of phenolic OH excluding ortho intramolecular Hbond substituents is 1. The van der Waals surface area contributed by atoms with E-state index in [9.17, 15) is 29.7 Å². The Balaban J connectivity index is 1.54. The Bertz CT molecular complexity index is 1390. The molecule has 0 aliphatic carbocycles. The molecule has 198 valence electrons. The number of likely N-dealkylation sites (tertiary alicyclic amines) is 1. The number of nitrogens with zero attached hydrogens (tertiary/aromatic N) is 1. The maximum atomic E-state index is 13.2. The number of phenols is 1. The first-order valence-corrected chi connectivity index (χ1v) is 12.3. The largest absolute Gasteiger partial charge is 0.508 e. The van der Waals surface area contributed by atoms with Gasteiger partial charge in [0.15, 0.2) is 0 Å². The fourth-order valence-electron chi connectivity index (χ4n) is 5.08. The summed E-state index contributed by atoms with van der Waals surface area (Å²) in [4.78, 5) is 38.2. The zero-order chi connectivity index (χ0) is 27.6. The first-order valence-electron chi connectivity index (χ1n) is 12.3. The van der Waals surface area contributed by atoms with E-state index in [0.29, 0.717) is 17.7 Å². The Morgan fingerprint density at radius 3 is 2.53 bits per heavy atom. The summed E-state index contributed by atoms with van der Waals surface area (Å²) in [5.74, 6) is -1.85. The topological polar surface area (TPSA) is 153 Å². The normalized spacial score (nSPS) is 18.2. The smallest absolute Gasteiger partial charge is 0.336 e. The number of aliphatic hydroxyl groups is 1. The predicted octanol–water partition coefficient (Wildman–Crippen LogP) is 2.98. The summed E-state index contributed by atoms with van der Waals surface area (Å²) in [5.41, 5.74) is 9.53. The lowest BCUT2D eigenvalue weighted by Gasteiger charge is -2.26. The molecule has 0 unspecified atom stereocenters. The highest BCUT2D eigenvalue weighted by Crippen LogP contribution is 2.31. The molecule has 3 aromatic rings. The van der Waals surface area contributed by atoms with Crippen LogP contribution in [0.1, 0.15) is 56.8 Å². The molecule has 0 bridgehead atoms. The van der Waals surface area contributed by atoms with Crippen LogP contribution in [0.4, 0.5) is 0 Å². The third-order valence-electron chi connectivity index (χ3n) is 6.89. The van der Waals surface area contributed by atoms with Gasteiger partial charge in [0.05, 0.1) is 23.8 Å². The number of primary amides is 1. The van der Waals surface area contributed by atoms with Crippen LogP contribution in [0.2, 0.25) is 0 Å². The van der Waals surface area contributed by atoms with Crippen molar-refractivity contribution in [3.8, 4) is 16.9 Å². The SMILES string of the molecule is Cc1cc(C(N)=O)ccc1-c1cc(O)cc(CN2C[C@H](O)C[C@@H]2C(=O)N[C@@H](C)c2ccccc2C(=O)O)c1. The van der Waals surface area contributed by atoms with E-state index in [-0.39, 0.29) is 30.2 Å². The maximum Gasteiger partial charge on any atom is 0.336 e. The van der Waals surface area contributed by atoms with Crippen molar-refractivity contribution < 1.29 is 29.7 Å². The van der Waals surface area contributed by atoms with E-state index in [1.54, 1.807) is 55.5 Å². The van der Waals surface area contributed by atoms with Gasteiger partial charge in [-0.2, -0.15) is 0 Å². The average Bonchev–Trinajstić information content (AvgIpc) is 3.23. The Hall–Kier alpha value is -4.21. The van der Waals surface area contributed by atoms with Crippen LogP contribution in [-0.2, 0) is 11.3 Å². The second-order valence-corrected chi connectivity index (χ2v) is 9.74. The fourth-order valence-corrected chi connectivity index (χ4v) is 5.08. The van der Waals surface area contributed by atoms with Crippen LogP contribution in [0.5, 0.6) is 5.75 Å². The Labute approximate surface area is 220 Å². The molecule has 3 atom stereocenters. The maximum absolute atomic E-state index is 13.2. The second-order valence-electron chi connectivity index (χ2n) is 9.74. The lowest BCUT2D eigenvalue weighted by atomic mass is 9.96. The summed E-state index contributed by atoms with van der Waals surface area (Å²) in [7, 11) is 0. The minimum absolute atomic E-state index is 0.0514. The van der Waals surface area contributed by atoms with Gasteiger partial charge < -0.3 is 26.4 Å². The molecule has 3 aromatic carbocycles. The number of carboxylic acids is 1. The third kappa shape index (κ3) is 5.85. The first kappa shape index (κ1) is 26.8. The van der Waals surface area contributed by atoms with Crippen molar-refractivity contribution in [3.63, 3.8) is 0 Å². The zero-order valence-electron chi connectivity index (χ0n) is 21.2. The molecule has 1 aliphatic rings. The number of rotatable bonds is 8. The van der Waals surface area contributed by atoms with E-state index in [1.807, 2.05) is 17.9 Å². The number of amides is 2. The van der Waals surface area contributed by atoms with Crippen LogP contribution in [0, 0.1) is 6.92 Å². The highest BCUT2D eigenvalue weighted by Gasteiger charge is 2.36. The van der Waals surface area contributed by atoms with Crippen LogP contribution in [0.3, 0.4) is 0 Å². The molecule has 1 aliphatic heterocycles. The summed E-state index contributed by atoms with van der Waals surface area (Å²) in [5, 5.41) is 33.2. The number of nitrogens with two attached hydrogens (primary N) is 1. The molecule has 4 rings (SSSR count). The molecule has 9 nitrogen and oxygen atoms in total. The van der Waals surface area contributed by atoms with Gasteiger partial charge in [-0.1, -0.05) is 24.3 Å². The first-order chi connectivity index (χ1) is 18.0. The summed E-state index contributed by atoms with van der Waals surface area (Å²) in [6.45, 7) is 4.15. The number of carbonyl (C=O) groups excluding carboxylic acids is 2. The number of carbonyl (C=O) groups is 3. The summed E-state index contributed by atoms with van der Waals surface area (Å²) in [6.07, 6.45) is -0.467.